The zero-order valence-corrected chi connectivity index (χ0v) is 10.7. The first-order valence-corrected chi connectivity index (χ1v) is 6.19. The third-order valence-electron chi connectivity index (χ3n) is 2.79. The molecule has 17 heavy (non-hydrogen) atoms. The van der Waals surface area contributed by atoms with E-state index in [0.29, 0.717) is 5.49 Å². The third kappa shape index (κ3) is 1.86. The van der Waals surface area contributed by atoms with Crippen LogP contribution < -0.4 is 10.8 Å². The predicted octanol–water partition coefficient (Wildman–Crippen LogP) is 2.22. The summed E-state index contributed by atoms with van der Waals surface area (Å²) in [5, 5.41) is 11.2. The Morgan fingerprint density at radius 1 is 1.35 bits per heavy atom. The average Bonchev–Trinajstić information content (AvgIpc) is 2.77. The number of hydrogen-bond donors (Lipinski definition) is 2. The maximum Gasteiger partial charge on any atom is 0.205 e. The maximum atomic E-state index is 7.97. The molecular weight excluding hydrogens is 280 g/mol. The Morgan fingerprint density at radius 2 is 2.24 bits per heavy atom. The van der Waals surface area contributed by atoms with Crippen molar-refractivity contribution >= 4 is 21.9 Å². The molecule has 0 atom stereocenters. The van der Waals surface area contributed by atoms with Crippen LogP contribution in [0, 0.1) is 5.41 Å². The summed E-state index contributed by atoms with van der Waals surface area (Å²) in [4.78, 5) is 4.54. The molecule has 2 aromatic rings. The van der Waals surface area contributed by atoms with Crippen LogP contribution in [0.4, 0.5) is 5.95 Å². The van der Waals surface area contributed by atoms with Gasteiger partial charge in [0.05, 0.1) is 5.69 Å². The fraction of sp³-hybridized carbons (Fsp3) is 0.167. The van der Waals surface area contributed by atoms with Gasteiger partial charge in [-0.2, -0.15) is 0 Å². The van der Waals surface area contributed by atoms with Crippen LogP contribution in [0.5, 0.6) is 0 Å². The summed E-state index contributed by atoms with van der Waals surface area (Å²) < 4.78 is 2.89. The number of nitrogens with zero attached hydrogens (tertiary/aromatic N) is 2. The van der Waals surface area contributed by atoms with Crippen LogP contribution in [-0.4, -0.2) is 16.1 Å². The van der Waals surface area contributed by atoms with Crippen molar-refractivity contribution in [3.05, 3.63) is 40.3 Å². The molecule has 0 spiro atoms. The monoisotopic (exact) mass is 290 g/mol. The third-order valence-corrected chi connectivity index (χ3v) is 3.28. The predicted molar refractivity (Wildman–Crippen MR) is 69.7 cm³/mol. The quantitative estimate of drug-likeness (QED) is 0.846. The first kappa shape index (κ1) is 10.5. The maximum absolute atomic E-state index is 7.97. The number of fused-ring (bicyclic) bond motifs is 1. The van der Waals surface area contributed by atoms with E-state index < -0.39 is 0 Å². The van der Waals surface area contributed by atoms with Gasteiger partial charge in [-0.05, 0) is 12.1 Å². The highest BCUT2D eigenvalue weighted by Crippen LogP contribution is 2.22. The van der Waals surface area contributed by atoms with Crippen molar-refractivity contribution in [2.75, 3.05) is 11.9 Å². The second-order valence-electron chi connectivity index (χ2n) is 3.94. The van der Waals surface area contributed by atoms with Gasteiger partial charge in [-0.3, -0.25) is 9.98 Å². The number of halogens is 1. The molecule has 1 aromatic carbocycles. The van der Waals surface area contributed by atoms with Crippen LogP contribution in [0.25, 0.3) is 11.3 Å². The van der Waals surface area contributed by atoms with Gasteiger partial charge in [-0.15, -0.1) is 0 Å². The molecule has 2 heterocycles. The van der Waals surface area contributed by atoms with Crippen LogP contribution in [0.15, 0.2) is 34.8 Å². The summed E-state index contributed by atoms with van der Waals surface area (Å²) in [6, 6.07) is 9.76. The van der Waals surface area contributed by atoms with Crippen LogP contribution in [0.3, 0.4) is 0 Å². The van der Waals surface area contributed by atoms with Gasteiger partial charge in [0.1, 0.15) is 5.49 Å². The minimum absolute atomic E-state index is 0.495. The molecule has 3 rings (SSSR count). The van der Waals surface area contributed by atoms with Gasteiger partial charge >= 0.3 is 0 Å². The van der Waals surface area contributed by atoms with Crippen molar-refractivity contribution in [3.8, 4) is 11.3 Å². The molecule has 0 saturated carbocycles. The fourth-order valence-corrected chi connectivity index (χ4v) is 2.36. The Balaban J connectivity index is 2.16. The molecule has 86 valence electrons. The van der Waals surface area contributed by atoms with Crippen LogP contribution in [0.1, 0.15) is 0 Å². The number of anilines is 1. The Labute approximate surface area is 107 Å². The Morgan fingerprint density at radius 3 is 3.06 bits per heavy atom. The Bertz CT molecular complexity index is 633. The van der Waals surface area contributed by atoms with Crippen LogP contribution >= 0.6 is 15.9 Å². The van der Waals surface area contributed by atoms with E-state index in [1.165, 1.54) is 0 Å². The van der Waals surface area contributed by atoms with E-state index in [2.05, 4.69) is 26.2 Å². The molecule has 5 heteroatoms. The van der Waals surface area contributed by atoms with Gasteiger partial charge in [-0.25, -0.2) is 4.98 Å². The average molecular weight is 291 g/mol. The Kier molecular flexibility index (Phi) is 2.48. The van der Waals surface area contributed by atoms with E-state index in [4.69, 9.17) is 5.41 Å². The summed E-state index contributed by atoms with van der Waals surface area (Å²) in [6.45, 7) is 1.67. The minimum atomic E-state index is 0.495. The molecule has 0 bridgehead atoms. The molecule has 1 aliphatic heterocycles. The lowest BCUT2D eigenvalue weighted by Gasteiger charge is -2.06. The van der Waals surface area contributed by atoms with Gasteiger partial charge in [0, 0.05) is 29.2 Å². The lowest BCUT2D eigenvalue weighted by Crippen LogP contribution is -2.18. The Hall–Kier alpha value is -1.62. The highest BCUT2D eigenvalue weighted by molar-refractivity contribution is 9.10. The van der Waals surface area contributed by atoms with Gasteiger partial charge in [0.15, 0.2) is 0 Å². The normalized spacial score (nSPS) is 13.2. The lowest BCUT2D eigenvalue weighted by molar-refractivity contribution is 0.735. The van der Waals surface area contributed by atoms with Crippen LogP contribution in [-0.2, 0) is 6.54 Å². The van der Waals surface area contributed by atoms with Crippen molar-refractivity contribution in [1.82, 2.24) is 9.55 Å². The molecule has 0 unspecified atom stereocenters. The second-order valence-corrected chi connectivity index (χ2v) is 4.85. The second kappa shape index (κ2) is 4.00. The molecule has 0 aliphatic carbocycles. The summed E-state index contributed by atoms with van der Waals surface area (Å²) in [5.74, 6) is 0.785. The molecule has 1 aromatic heterocycles. The summed E-state index contributed by atoms with van der Waals surface area (Å²) in [5.41, 5.74) is 2.34. The first-order chi connectivity index (χ1) is 8.24. The highest BCUT2D eigenvalue weighted by Gasteiger charge is 2.12. The van der Waals surface area contributed by atoms with E-state index in [1.54, 1.807) is 6.07 Å². The fourth-order valence-electron chi connectivity index (χ4n) is 1.96. The standard InChI is InChI=1S/C12H11BrN4/c13-9-3-1-2-8(6-9)10-7-11(14)17-5-4-15-12(17)16-10/h1-3,6-7,14H,4-5H2,(H,15,16). The lowest BCUT2D eigenvalue weighted by atomic mass is 10.1. The number of aromatic nitrogens is 2. The molecule has 0 fully saturated rings. The molecule has 0 radical (unpaired) electrons. The van der Waals surface area contributed by atoms with Gasteiger partial charge in [0.2, 0.25) is 5.95 Å². The van der Waals surface area contributed by atoms with E-state index in [-0.39, 0.29) is 0 Å². The van der Waals surface area contributed by atoms with Crippen molar-refractivity contribution in [2.45, 2.75) is 6.54 Å². The van der Waals surface area contributed by atoms with Crippen LogP contribution in [0.2, 0.25) is 0 Å². The van der Waals surface area contributed by atoms with E-state index in [1.807, 2.05) is 28.8 Å². The van der Waals surface area contributed by atoms with Crippen molar-refractivity contribution < 1.29 is 0 Å². The minimum Gasteiger partial charge on any atom is -0.354 e. The summed E-state index contributed by atoms with van der Waals surface area (Å²) in [7, 11) is 0. The summed E-state index contributed by atoms with van der Waals surface area (Å²) in [6.07, 6.45) is 0. The number of nitrogens with one attached hydrogen (secondary N) is 2. The molecule has 2 N–H and O–H groups in total. The largest absolute Gasteiger partial charge is 0.354 e. The smallest absolute Gasteiger partial charge is 0.205 e. The van der Waals surface area contributed by atoms with Crippen molar-refractivity contribution in [2.24, 2.45) is 0 Å². The number of rotatable bonds is 1. The molecular formula is C12H11BrN4. The van der Waals surface area contributed by atoms with Gasteiger partial charge in [-0.1, -0.05) is 28.1 Å². The van der Waals surface area contributed by atoms with E-state index in [9.17, 15) is 0 Å². The molecule has 1 aliphatic rings. The SMILES string of the molecule is N=c1cc(-c2cccc(Br)c2)nc2n1CCN2. The summed E-state index contributed by atoms with van der Waals surface area (Å²) >= 11 is 3.44. The molecule has 0 saturated heterocycles. The van der Waals surface area contributed by atoms with E-state index in [0.717, 1.165) is 34.8 Å². The highest BCUT2D eigenvalue weighted by atomic mass is 79.9. The van der Waals surface area contributed by atoms with E-state index >= 15 is 0 Å². The zero-order chi connectivity index (χ0) is 11.8. The van der Waals surface area contributed by atoms with Gasteiger partial charge < -0.3 is 5.32 Å². The van der Waals surface area contributed by atoms with Crippen molar-refractivity contribution in [1.29, 1.82) is 5.41 Å². The van der Waals surface area contributed by atoms with Gasteiger partial charge in [0.25, 0.3) is 0 Å². The first-order valence-electron chi connectivity index (χ1n) is 5.40. The molecule has 4 nitrogen and oxygen atoms in total. The topological polar surface area (TPSA) is 53.7 Å². The molecule has 0 amide bonds. The number of hydrogen-bond acceptors (Lipinski definition) is 3. The number of benzene rings is 1. The zero-order valence-electron chi connectivity index (χ0n) is 9.07. The van der Waals surface area contributed by atoms with Crippen molar-refractivity contribution in [3.63, 3.8) is 0 Å².